The molecule has 0 aliphatic heterocycles. The molecule has 0 spiro atoms. The zero-order chi connectivity index (χ0) is 12.5. The van der Waals surface area contributed by atoms with E-state index in [1.165, 1.54) is 0 Å². The summed E-state index contributed by atoms with van der Waals surface area (Å²) in [4.78, 5) is 13.1. The monoisotopic (exact) mass is 257 g/mol. The van der Waals surface area contributed by atoms with Crippen LogP contribution in [0.3, 0.4) is 0 Å². The lowest BCUT2D eigenvalue weighted by Crippen LogP contribution is -1.93. The molecule has 0 fully saturated rings. The molecule has 0 bridgehead atoms. The van der Waals surface area contributed by atoms with Crippen LogP contribution >= 0.6 is 11.3 Å². The summed E-state index contributed by atoms with van der Waals surface area (Å²) < 4.78 is 6.15. The van der Waals surface area contributed by atoms with E-state index in [9.17, 15) is 0 Å². The van der Waals surface area contributed by atoms with Crippen LogP contribution in [0.5, 0.6) is 5.88 Å². The second kappa shape index (κ2) is 4.34. The summed E-state index contributed by atoms with van der Waals surface area (Å²) in [6.45, 7) is 1.90. The molecule has 0 amide bonds. The SMILES string of the molecule is COc1ccc(-c2nc(C)nc3ccsc23)cn1. The van der Waals surface area contributed by atoms with Crippen molar-refractivity contribution < 1.29 is 4.74 Å². The minimum atomic E-state index is 0.604. The van der Waals surface area contributed by atoms with Crippen molar-refractivity contribution in [2.24, 2.45) is 0 Å². The van der Waals surface area contributed by atoms with Gasteiger partial charge in [0.1, 0.15) is 5.82 Å². The third kappa shape index (κ3) is 1.82. The predicted molar refractivity (Wildman–Crippen MR) is 71.9 cm³/mol. The summed E-state index contributed by atoms with van der Waals surface area (Å²) in [7, 11) is 1.61. The Labute approximate surface area is 108 Å². The van der Waals surface area contributed by atoms with Crippen LogP contribution in [0.25, 0.3) is 21.5 Å². The summed E-state index contributed by atoms with van der Waals surface area (Å²) in [5.74, 6) is 1.37. The Balaban J connectivity index is 2.20. The summed E-state index contributed by atoms with van der Waals surface area (Å²) >= 11 is 1.64. The molecule has 90 valence electrons. The maximum Gasteiger partial charge on any atom is 0.212 e. The van der Waals surface area contributed by atoms with Gasteiger partial charge in [0.05, 0.1) is 23.0 Å². The van der Waals surface area contributed by atoms with Crippen LogP contribution in [0.15, 0.2) is 29.8 Å². The summed E-state index contributed by atoms with van der Waals surface area (Å²) in [5.41, 5.74) is 2.90. The van der Waals surface area contributed by atoms with E-state index >= 15 is 0 Å². The minimum Gasteiger partial charge on any atom is -0.481 e. The van der Waals surface area contributed by atoms with Gasteiger partial charge in [-0.25, -0.2) is 15.0 Å². The van der Waals surface area contributed by atoms with Gasteiger partial charge in [0, 0.05) is 17.8 Å². The van der Waals surface area contributed by atoms with Crippen LogP contribution in [0.2, 0.25) is 0 Å². The third-order valence-corrected chi connectivity index (χ3v) is 3.54. The average molecular weight is 257 g/mol. The number of aromatic nitrogens is 3. The van der Waals surface area contributed by atoms with Gasteiger partial charge < -0.3 is 4.74 Å². The number of pyridine rings is 1. The zero-order valence-electron chi connectivity index (χ0n) is 10.0. The molecule has 0 saturated heterocycles. The number of fused-ring (bicyclic) bond motifs is 1. The number of aryl methyl sites for hydroxylation is 1. The first-order valence-corrected chi connectivity index (χ1v) is 6.38. The van der Waals surface area contributed by atoms with Crippen LogP contribution in [-0.4, -0.2) is 22.1 Å². The zero-order valence-corrected chi connectivity index (χ0v) is 10.9. The van der Waals surface area contributed by atoms with Crippen LogP contribution in [0.1, 0.15) is 5.82 Å². The largest absolute Gasteiger partial charge is 0.481 e. The molecule has 0 radical (unpaired) electrons. The number of hydrogen-bond donors (Lipinski definition) is 0. The molecule has 3 heterocycles. The van der Waals surface area contributed by atoms with Crippen molar-refractivity contribution in [3.8, 4) is 17.1 Å². The highest BCUT2D eigenvalue weighted by molar-refractivity contribution is 7.17. The number of thiophene rings is 1. The maximum absolute atomic E-state index is 5.06. The van der Waals surface area contributed by atoms with E-state index in [-0.39, 0.29) is 0 Å². The average Bonchev–Trinajstić information content (AvgIpc) is 2.86. The Kier molecular flexibility index (Phi) is 2.68. The topological polar surface area (TPSA) is 47.9 Å². The van der Waals surface area contributed by atoms with E-state index < -0.39 is 0 Å². The predicted octanol–water partition coefficient (Wildman–Crippen LogP) is 3.07. The van der Waals surface area contributed by atoms with Crippen molar-refractivity contribution >= 4 is 21.6 Å². The van der Waals surface area contributed by atoms with Gasteiger partial charge in [-0.15, -0.1) is 11.3 Å². The highest BCUT2D eigenvalue weighted by Crippen LogP contribution is 2.30. The van der Waals surface area contributed by atoms with Gasteiger partial charge in [0.25, 0.3) is 0 Å². The summed E-state index contributed by atoms with van der Waals surface area (Å²) in [6.07, 6.45) is 1.78. The van der Waals surface area contributed by atoms with Gasteiger partial charge in [0.2, 0.25) is 5.88 Å². The van der Waals surface area contributed by atoms with Crippen LogP contribution in [0, 0.1) is 6.92 Å². The molecular formula is C13H11N3OS. The highest BCUT2D eigenvalue weighted by Gasteiger charge is 2.09. The fraction of sp³-hybridized carbons (Fsp3) is 0.154. The van der Waals surface area contributed by atoms with Crippen molar-refractivity contribution in [1.82, 2.24) is 15.0 Å². The summed E-state index contributed by atoms with van der Waals surface area (Å²) in [5, 5.41) is 2.03. The van der Waals surface area contributed by atoms with Gasteiger partial charge in [-0.2, -0.15) is 0 Å². The molecule has 0 atom stereocenters. The number of methoxy groups -OCH3 is 1. The standard InChI is InChI=1S/C13H11N3OS/c1-8-15-10-5-6-18-13(10)12(16-8)9-3-4-11(17-2)14-7-9/h3-7H,1-2H3. The van der Waals surface area contributed by atoms with E-state index in [1.807, 2.05) is 30.5 Å². The fourth-order valence-electron chi connectivity index (χ4n) is 1.82. The first kappa shape index (κ1) is 11.1. The lowest BCUT2D eigenvalue weighted by molar-refractivity contribution is 0.398. The van der Waals surface area contributed by atoms with E-state index in [4.69, 9.17) is 4.74 Å². The number of hydrogen-bond acceptors (Lipinski definition) is 5. The molecule has 4 nitrogen and oxygen atoms in total. The Morgan fingerprint density at radius 3 is 2.78 bits per heavy atom. The van der Waals surface area contributed by atoms with Crippen LogP contribution in [-0.2, 0) is 0 Å². The maximum atomic E-state index is 5.06. The van der Waals surface area contributed by atoms with Gasteiger partial charge in [-0.1, -0.05) is 0 Å². The van der Waals surface area contributed by atoms with Gasteiger partial charge >= 0.3 is 0 Å². The third-order valence-electron chi connectivity index (χ3n) is 2.63. The molecule has 0 aliphatic carbocycles. The molecule has 0 unspecified atom stereocenters. The quantitative estimate of drug-likeness (QED) is 0.708. The Hall–Kier alpha value is -2.01. The second-order valence-corrected chi connectivity index (χ2v) is 4.76. The van der Waals surface area contributed by atoms with Crippen molar-refractivity contribution in [2.45, 2.75) is 6.92 Å². The number of ether oxygens (including phenoxy) is 1. The summed E-state index contributed by atoms with van der Waals surface area (Å²) in [6, 6.07) is 5.81. The lowest BCUT2D eigenvalue weighted by atomic mass is 10.2. The minimum absolute atomic E-state index is 0.604. The van der Waals surface area contributed by atoms with Crippen LogP contribution in [0.4, 0.5) is 0 Å². The van der Waals surface area contributed by atoms with E-state index in [0.717, 1.165) is 27.3 Å². The van der Waals surface area contributed by atoms with E-state index in [2.05, 4.69) is 15.0 Å². The van der Waals surface area contributed by atoms with E-state index in [0.29, 0.717) is 5.88 Å². The Bertz CT molecular complexity index is 691. The molecule has 3 aromatic rings. The van der Waals surface area contributed by atoms with Crippen molar-refractivity contribution in [1.29, 1.82) is 0 Å². The molecule has 18 heavy (non-hydrogen) atoms. The number of nitrogens with zero attached hydrogens (tertiary/aromatic N) is 3. The highest BCUT2D eigenvalue weighted by atomic mass is 32.1. The van der Waals surface area contributed by atoms with Crippen LogP contribution < -0.4 is 4.74 Å². The van der Waals surface area contributed by atoms with Gasteiger partial charge in [0.15, 0.2) is 0 Å². The van der Waals surface area contributed by atoms with Gasteiger partial charge in [-0.3, -0.25) is 0 Å². The molecular weight excluding hydrogens is 246 g/mol. The number of rotatable bonds is 2. The first-order chi connectivity index (χ1) is 8.78. The molecule has 0 aliphatic rings. The molecule has 0 saturated carbocycles. The van der Waals surface area contributed by atoms with E-state index in [1.54, 1.807) is 24.6 Å². The fourth-order valence-corrected chi connectivity index (χ4v) is 2.66. The molecule has 3 aromatic heterocycles. The normalized spacial score (nSPS) is 10.8. The smallest absolute Gasteiger partial charge is 0.212 e. The first-order valence-electron chi connectivity index (χ1n) is 5.50. The molecule has 0 aromatic carbocycles. The lowest BCUT2D eigenvalue weighted by Gasteiger charge is -2.04. The van der Waals surface area contributed by atoms with Crippen molar-refractivity contribution in [3.05, 3.63) is 35.6 Å². The molecule has 0 N–H and O–H groups in total. The molecule has 3 rings (SSSR count). The van der Waals surface area contributed by atoms with Crippen molar-refractivity contribution in [3.63, 3.8) is 0 Å². The Morgan fingerprint density at radius 1 is 1.17 bits per heavy atom. The second-order valence-electron chi connectivity index (χ2n) is 3.84. The Morgan fingerprint density at radius 2 is 2.06 bits per heavy atom. The van der Waals surface area contributed by atoms with Gasteiger partial charge in [-0.05, 0) is 24.4 Å². The molecule has 5 heteroatoms. The van der Waals surface area contributed by atoms with Crippen molar-refractivity contribution in [2.75, 3.05) is 7.11 Å².